The van der Waals surface area contributed by atoms with Crippen molar-refractivity contribution in [3.8, 4) is 44.5 Å². The highest BCUT2D eigenvalue weighted by molar-refractivity contribution is 6.25. The molecular formula is C41H25N3. The summed E-state index contributed by atoms with van der Waals surface area (Å²) in [6.45, 7) is 7.94. The summed E-state index contributed by atoms with van der Waals surface area (Å²) in [7, 11) is 0. The first-order valence-electron chi connectivity index (χ1n) is 14.6. The molecule has 0 saturated heterocycles. The molecule has 7 aromatic carbocycles. The number of hydrogen-bond donors (Lipinski definition) is 0. The maximum absolute atomic E-state index is 7.94. The molecule has 0 unspecified atom stereocenters. The topological polar surface area (TPSA) is 30.1 Å². The van der Waals surface area contributed by atoms with Gasteiger partial charge >= 0.3 is 0 Å². The van der Waals surface area contributed by atoms with E-state index in [2.05, 4.69) is 131 Å². The zero-order valence-electron chi connectivity index (χ0n) is 23.8. The molecule has 8 rings (SSSR count). The fourth-order valence-electron chi connectivity index (χ4n) is 6.53. The summed E-state index contributed by atoms with van der Waals surface area (Å²) in [4.78, 5) is 13.3. The van der Waals surface area contributed by atoms with Crippen molar-refractivity contribution in [2.75, 3.05) is 0 Å². The van der Waals surface area contributed by atoms with Gasteiger partial charge in [0, 0.05) is 18.0 Å². The Kier molecular flexibility index (Phi) is 6.18. The van der Waals surface area contributed by atoms with Gasteiger partial charge in [-0.25, -0.2) is 4.85 Å². The van der Waals surface area contributed by atoms with E-state index < -0.39 is 0 Å². The van der Waals surface area contributed by atoms with Crippen molar-refractivity contribution in [1.29, 1.82) is 0 Å². The molecule has 0 radical (unpaired) electrons. The van der Waals surface area contributed by atoms with E-state index >= 15 is 0 Å². The Morgan fingerprint density at radius 2 is 1.00 bits per heavy atom. The van der Waals surface area contributed by atoms with E-state index in [9.17, 15) is 0 Å². The standard InChI is InChI=1S/C41H25N3/c1-42-29-22-23-34-36(26-29)40(33-17-9-8-16-32(33)38(34)35-20-11-21-37-41(35)44-25-24-43-37)39-30(27-12-4-2-5-13-27)18-10-19-31(39)28-14-6-3-7-15-28/h2-26H. The van der Waals surface area contributed by atoms with Crippen LogP contribution < -0.4 is 0 Å². The highest BCUT2D eigenvalue weighted by atomic mass is 14.8. The molecule has 0 aliphatic rings. The molecule has 0 amide bonds. The molecule has 0 bridgehead atoms. The van der Waals surface area contributed by atoms with Crippen LogP contribution in [0.4, 0.5) is 5.69 Å². The molecule has 0 saturated carbocycles. The van der Waals surface area contributed by atoms with Crippen molar-refractivity contribution >= 4 is 38.3 Å². The first-order chi connectivity index (χ1) is 21.8. The largest absolute Gasteiger partial charge is 0.253 e. The fourth-order valence-corrected chi connectivity index (χ4v) is 6.53. The van der Waals surface area contributed by atoms with Crippen LogP contribution in [-0.4, -0.2) is 9.97 Å². The van der Waals surface area contributed by atoms with Crippen molar-refractivity contribution in [2.45, 2.75) is 0 Å². The minimum absolute atomic E-state index is 0.608. The average molecular weight is 560 g/mol. The molecule has 3 nitrogen and oxygen atoms in total. The number of aromatic nitrogens is 2. The Morgan fingerprint density at radius 1 is 0.432 bits per heavy atom. The van der Waals surface area contributed by atoms with Crippen LogP contribution in [0.5, 0.6) is 0 Å². The van der Waals surface area contributed by atoms with E-state index in [1.807, 2.05) is 18.2 Å². The van der Waals surface area contributed by atoms with Crippen LogP contribution in [0.3, 0.4) is 0 Å². The van der Waals surface area contributed by atoms with Crippen LogP contribution in [0.25, 0.3) is 81.9 Å². The van der Waals surface area contributed by atoms with Gasteiger partial charge in [0.15, 0.2) is 5.69 Å². The predicted molar refractivity (Wildman–Crippen MR) is 183 cm³/mol. The lowest BCUT2D eigenvalue weighted by Gasteiger charge is -2.23. The highest BCUT2D eigenvalue weighted by Crippen LogP contribution is 2.50. The molecular weight excluding hydrogens is 534 g/mol. The third kappa shape index (κ3) is 4.13. The van der Waals surface area contributed by atoms with Crippen LogP contribution in [0.15, 0.2) is 152 Å². The van der Waals surface area contributed by atoms with E-state index in [1.54, 1.807) is 12.4 Å². The van der Waals surface area contributed by atoms with Crippen LogP contribution in [0, 0.1) is 6.57 Å². The molecule has 8 aromatic rings. The van der Waals surface area contributed by atoms with E-state index in [-0.39, 0.29) is 0 Å². The van der Waals surface area contributed by atoms with Crippen molar-refractivity contribution in [2.24, 2.45) is 0 Å². The Morgan fingerprint density at radius 3 is 1.68 bits per heavy atom. The van der Waals surface area contributed by atoms with E-state index in [0.29, 0.717) is 5.69 Å². The number of hydrogen-bond acceptors (Lipinski definition) is 2. The van der Waals surface area contributed by atoms with Gasteiger partial charge in [-0.3, -0.25) is 9.97 Å². The smallest absolute Gasteiger partial charge is 0.187 e. The maximum atomic E-state index is 7.94. The molecule has 0 fully saturated rings. The summed E-state index contributed by atoms with van der Waals surface area (Å²) in [6, 6.07) is 48.6. The monoisotopic (exact) mass is 559 g/mol. The molecule has 0 aliphatic heterocycles. The fraction of sp³-hybridized carbons (Fsp3) is 0. The van der Waals surface area contributed by atoms with Crippen molar-refractivity contribution in [3.05, 3.63) is 163 Å². The van der Waals surface area contributed by atoms with Gasteiger partial charge < -0.3 is 0 Å². The van der Waals surface area contributed by atoms with E-state index in [0.717, 1.165) is 77.1 Å². The number of rotatable bonds is 4. The first-order valence-corrected chi connectivity index (χ1v) is 14.6. The van der Waals surface area contributed by atoms with Crippen LogP contribution >= 0.6 is 0 Å². The summed E-state index contributed by atoms with van der Waals surface area (Å²) in [5.41, 5.74) is 11.3. The Bertz CT molecular complexity index is 2320. The van der Waals surface area contributed by atoms with Crippen LogP contribution in [0.1, 0.15) is 0 Å². The van der Waals surface area contributed by atoms with Gasteiger partial charge in [-0.2, -0.15) is 0 Å². The third-order valence-corrected chi connectivity index (χ3v) is 8.39. The molecule has 1 heterocycles. The van der Waals surface area contributed by atoms with E-state index in [4.69, 9.17) is 11.6 Å². The SMILES string of the molecule is [C-]#[N+]c1ccc2c(-c3cccc4nccnc34)c3ccccc3c(-c3c(-c4ccccc4)cccc3-c3ccccc3)c2c1. The lowest BCUT2D eigenvalue weighted by Crippen LogP contribution is -1.96. The summed E-state index contributed by atoms with van der Waals surface area (Å²) in [5.74, 6) is 0. The molecule has 0 atom stereocenters. The summed E-state index contributed by atoms with van der Waals surface area (Å²) < 4.78 is 0. The molecule has 0 spiro atoms. The molecule has 204 valence electrons. The van der Waals surface area contributed by atoms with Gasteiger partial charge in [0.25, 0.3) is 0 Å². The molecule has 0 aliphatic carbocycles. The second kappa shape index (κ2) is 10.6. The zero-order valence-corrected chi connectivity index (χ0v) is 23.8. The normalized spacial score (nSPS) is 11.2. The van der Waals surface area contributed by atoms with Gasteiger partial charge in [0.2, 0.25) is 0 Å². The molecule has 1 aromatic heterocycles. The molecule has 3 heteroatoms. The van der Waals surface area contributed by atoms with Gasteiger partial charge in [-0.15, -0.1) is 0 Å². The Balaban J connectivity index is 1.60. The number of fused-ring (bicyclic) bond motifs is 3. The number of nitrogens with zero attached hydrogens (tertiary/aromatic N) is 3. The molecule has 0 N–H and O–H groups in total. The zero-order chi connectivity index (χ0) is 29.5. The highest BCUT2D eigenvalue weighted by Gasteiger charge is 2.23. The van der Waals surface area contributed by atoms with Crippen LogP contribution in [-0.2, 0) is 0 Å². The predicted octanol–water partition coefficient (Wildman–Crippen LogP) is 11.2. The second-order valence-electron chi connectivity index (χ2n) is 10.8. The lowest BCUT2D eigenvalue weighted by atomic mass is 9.80. The Labute approximate surface area is 255 Å². The van der Waals surface area contributed by atoms with Crippen LogP contribution in [0.2, 0.25) is 0 Å². The second-order valence-corrected chi connectivity index (χ2v) is 10.8. The van der Waals surface area contributed by atoms with Gasteiger partial charge in [-0.05, 0) is 72.6 Å². The number of para-hydroxylation sites is 1. The Hall–Kier alpha value is -6.11. The average Bonchev–Trinajstić information content (AvgIpc) is 3.10. The summed E-state index contributed by atoms with van der Waals surface area (Å²) in [6.07, 6.45) is 3.49. The van der Waals surface area contributed by atoms with Crippen molar-refractivity contribution in [3.63, 3.8) is 0 Å². The molecule has 44 heavy (non-hydrogen) atoms. The summed E-state index contributed by atoms with van der Waals surface area (Å²) in [5, 5.41) is 4.36. The van der Waals surface area contributed by atoms with Gasteiger partial charge in [0.1, 0.15) is 0 Å². The number of benzene rings is 7. The first kappa shape index (κ1) is 25.6. The maximum Gasteiger partial charge on any atom is 0.187 e. The quantitative estimate of drug-likeness (QED) is 0.159. The van der Waals surface area contributed by atoms with E-state index in [1.165, 1.54) is 0 Å². The van der Waals surface area contributed by atoms with Gasteiger partial charge in [0.05, 0.1) is 17.6 Å². The minimum atomic E-state index is 0.608. The minimum Gasteiger partial charge on any atom is -0.253 e. The van der Waals surface area contributed by atoms with Gasteiger partial charge in [-0.1, -0.05) is 127 Å². The summed E-state index contributed by atoms with van der Waals surface area (Å²) >= 11 is 0. The third-order valence-electron chi connectivity index (χ3n) is 8.39. The van der Waals surface area contributed by atoms with Crippen molar-refractivity contribution < 1.29 is 0 Å². The lowest BCUT2D eigenvalue weighted by molar-refractivity contribution is 1.30. The van der Waals surface area contributed by atoms with Crippen molar-refractivity contribution in [1.82, 2.24) is 9.97 Å².